The Morgan fingerprint density at radius 1 is 1.09 bits per heavy atom. The van der Waals surface area contributed by atoms with Crippen molar-refractivity contribution in [3.63, 3.8) is 0 Å². The molecule has 43 heavy (non-hydrogen) atoms. The number of hydrogen-bond acceptors (Lipinski definition) is 6. The van der Waals surface area contributed by atoms with Gasteiger partial charge in [-0.2, -0.15) is 0 Å². The minimum absolute atomic E-state index is 0.0477. The van der Waals surface area contributed by atoms with E-state index in [9.17, 15) is 19.2 Å². The fourth-order valence-corrected chi connectivity index (χ4v) is 5.99. The molecule has 2 aliphatic rings. The Kier molecular flexibility index (Phi) is 10.5. The quantitative estimate of drug-likeness (QED) is 0.328. The van der Waals surface area contributed by atoms with Gasteiger partial charge in [-0.25, -0.2) is 4.79 Å². The zero-order valence-corrected chi connectivity index (χ0v) is 27.0. The SMILES string of the molecule is COC(=O)CCCc1cc(Cl)c(Cl)c(CN(C(=O)C2CN(C(=O)OC(C)(C)C)CCC2c2ccn(C)c(=O)c2)C2CC2)c1. The predicted octanol–water partition coefficient (Wildman–Crippen LogP) is 5.72. The number of nitrogens with zero attached hydrogens (tertiary/aromatic N) is 3. The van der Waals surface area contributed by atoms with Crippen molar-refractivity contribution in [3.8, 4) is 0 Å². The first-order chi connectivity index (χ1) is 20.3. The minimum atomic E-state index is -0.670. The van der Waals surface area contributed by atoms with Crippen molar-refractivity contribution in [1.82, 2.24) is 14.4 Å². The molecule has 0 spiro atoms. The largest absolute Gasteiger partial charge is 0.469 e. The number of carbonyl (C=O) groups excluding carboxylic acids is 3. The van der Waals surface area contributed by atoms with Crippen molar-refractivity contribution in [2.75, 3.05) is 20.2 Å². The number of methoxy groups -OCH3 is 1. The molecule has 1 saturated heterocycles. The van der Waals surface area contributed by atoms with Crippen molar-refractivity contribution in [1.29, 1.82) is 0 Å². The molecule has 0 bridgehead atoms. The van der Waals surface area contributed by atoms with E-state index in [0.29, 0.717) is 42.3 Å². The van der Waals surface area contributed by atoms with Crippen LogP contribution in [0.4, 0.5) is 4.79 Å². The molecule has 1 aliphatic heterocycles. The Balaban J connectivity index is 1.62. The first-order valence-electron chi connectivity index (χ1n) is 14.8. The van der Waals surface area contributed by atoms with Gasteiger partial charge in [0, 0.05) is 51.4 Å². The van der Waals surface area contributed by atoms with Gasteiger partial charge in [0.2, 0.25) is 5.91 Å². The first kappa shape index (κ1) is 32.9. The van der Waals surface area contributed by atoms with E-state index in [0.717, 1.165) is 29.5 Å². The molecule has 2 aromatic rings. The van der Waals surface area contributed by atoms with Gasteiger partial charge in [0.25, 0.3) is 5.56 Å². The summed E-state index contributed by atoms with van der Waals surface area (Å²) < 4.78 is 11.9. The molecular weight excluding hydrogens is 593 g/mol. The molecule has 11 heteroatoms. The van der Waals surface area contributed by atoms with Gasteiger partial charge in [-0.05, 0) is 87.6 Å². The van der Waals surface area contributed by atoms with Gasteiger partial charge in [0.15, 0.2) is 0 Å². The lowest BCUT2D eigenvalue weighted by atomic mass is 9.79. The van der Waals surface area contributed by atoms with Crippen LogP contribution in [0.5, 0.6) is 0 Å². The molecule has 1 aromatic carbocycles. The van der Waals surface area contributed by atoms with E-state index in [1.54, 1.807) is 30.3 Å². The molecule has 0 radical (unpaired) electrons. The lowest BCUT2D eigenvalue weighted by Gasteiger charge is -2.40. The summed E-state index contributed by atoms with van der Waals surface area (Å²) in [7, 11) is 3.05. The summed E-state index contributed by atoms with van der Waals surface area (Å²) in [6.45, 7) is 6.29. The molecular formula is C32H41Cl2N3O6. The van der Waals surface area contributed by atoms with Crippen LogP contribution >= 0.6 is 23.2 Å². The number of benzene rings is 1. The Labute approximate surface area is 263 Å². The summed E-state index contributed by atoms with van der Waals surface area (Å²) in [5, 5.41) is 0.779. The smallest absolute Gasteiger partial charge is 0.410 e. The second-order valence-corrected chi connectivity index (χ2v) is 13.3. The Morgan fingerprint density at radius 3 is 2.44 bits per heavy atom. The van der Waals surface area contributed by atoms with Crippen LogP contribution in [0.25, 0.3) is 0 Å². The van der Waals surface area contributed by atoms with Crippen LogP contribution in [0.3, 0.4) is 0 Å². The summed E-state index contributed by atoms with van der Waals surface area (Å²) in [5.41, 5.74) is 1.62. The fourth-order valence-electron chi connectivity index (χ4n) is 5.56. The van der Waals surface area contributed by atoms with Crippen molar-refractivity contribution >= 4 is 41.2 Å². The van der Waals surface area contributed by atoms with Gasteiger partial charge in [-0.3, -0.25) is 14.4 Å². The molecule has 1 aliphatic carbocycles. The highest BCUT2D eigenvalue weighted by Gasteiger charge is 2.43. The van der Waals surface area contributed by atoms with E-state index in [1.807, 2.05) is 37.8 Å². The highest BCUT2D eigenvalue weighted by Crippen LogP contribution is 2.39. The summed E-state index contributed by atoms with van der Waals surface area (Å²) in [6, 6.07) is 7.25. The van der Waals surface area contributed by atoms with E-state index >= 15 is 0 Å². The van der Waals surface area contributed by atoms with E-state index in [-0.39, 0.29) is 42.5 Å². The Bertz CT molecular complexity index is 1410. The van der Waals surface area contributed by atoms with Crippen LogP contribution in [0.15, 0.2) is 35.3 Å². The fraction of sp³-hybridized carbons (Fsp3) is 0.562. The van der Waals surface area contributed by atoms with Crippen molar-refractivity contribution in [2.24, 2.45) is 13.0 Å². The number of ether oxygens (including phenoxy) is 2. The van der Waals surface area contributed by atoms with Crippen molar-refractivity contribution < 1.29 is 23.9 Å². The Hall–Kier alpha value is -3.04. The summed E-state index contributed by atoms with van der Waals surface area (Å²) in [6.07, 6.45) is 5.00. The number of piperidine rings is 1. The molecule has 1 aromatic heterocycles. The number of aromatic nitrogens is 1. The number of amides is 2. The zero-order valence-electron chi connectivity index (χ0n) is 25.5. The number of likely N-dealkylation sites (tertiary alicyclic amines) is 1. The molecule has 2 unspecified atom stereocenters. The van der Waals surface area contributed by atoms with E-state index in [1.165, 1.54) is 11.7 Å². The van der Waals surface area contributed by atoms with E-state index < -0.39 is 17.6 Å². The van der Waals surface area contributed by atoms with Gasteiger partial charge < -0.3 is 23.8 Å². The number of hydrogen-bond donors (Lipinski definition) is 0. The van der Waals surface area contributed by atoms with Gasteiger partial charge in [0.1, 0.15) is 5.60 Å². The van der Waals surface area contributed by atoms with Crippen LogP contribution in [0, 0.1) is 5.92 Å². The normalized spacial score (nSPS) is 18.7. The second kappa shape index (κ2) is 13.7. The van der Waals surface area contributed by atoms with Crippen molar-refractivity contribution in [3.05, 3.63) is 67.6 Å². The van der Waals surface area contributed by atoms with Crippen LogP contribution in [-0.4, -0.2) is 64.2 Å². The maximum absolute atomic E-state index is 14.5. The van der Waals surface area contributed by atoms with Crippen LogP contribution in [0.1, 0.15) is 75.5 Å². The number of aryl methyl sites for hydroxylation is 2. The first-order valence-corrected chi connectivity index (χ1v) is 15.5. The number of halogens is 2. The van der Waals surface area contributed by atoms with E-state index in [4.69, 9.17) is 32.7 Å². The highest BCUT2D eigenvalue weighted by atomic mass is 35.5. The monoisotopic (exact) mass is 633 g/mol. The van der Waals surface area contributed by atoms with Crippen molar-refractivity contribution in [2.45, 2.75) is 83.4 Å². The number of pyridine rings is 1. The Morgan fingerprint density at radius 2 is 1.81 bits per heavy atom. The third-order valence-electron chi connectivity index (χ3n) is 7.99. The molecule has 4 rings (SSSR count). The maximum atomic E-state index is 14.5. The molecule has 0 N–H and O–H groups in total. The molecule has 2 atom stereocenters. The molecule has 9 nitrogen and oxygen atoms in total. The summed E-state index contributed by atoms with van der Waals surface area (Å²) in [4.78, 5) is 55.1. The molecule has 2 heterocycles. The summed E-state index contributed by atoms with van der Waals surface area (Å²) in [5.74, 6) is -1.19. The summed E-state index contributed by atoms with van der Waals surface area (Å²) >= 11 is 13.2. The predicted molar refractivity (Wildman–Crippen MR) is 165 cm³/mol. The van der Waals surface area contributed by atoms with Gasteiger partial charge >= 0.3 is 12.1 Å². The third-order valence-corrected chi connectivity index (χ3v) is 8.83. The second-order valence-electron chi connectivity index (χ2n) is 12.5. The maximum Gasteiger partial charge on any atom is 0.410 e. The van der Waals surface area contributed by atoms with Crippen LogP contribution in [0.2, 0.25) is 10.0 Å². The molecule has 2 amide bonds. The molecule has 1 saturated carbocycles. The zero-order chi connectivity index (χ0) is 31.5. The van der Waals surface area contributed by atoms with Crippen LogP contribution in [-0.2, 0) is 39.1 Å². The molecule has 2 fully saturated rings. The van der Waals surface area contributed by atoms with Gasteiger partial charge in [0.05, 0.1) is 23.1 Å². The van der Waals surface area contributed by atoms with Crippen LogP contribution < -0.4 is 5.56 Å². The van der Waals surface area contributed by atoms with Gasteiger partial charge in [-0.1, -0.05) is 29.3 Å². The average molecular weight is 635 g/mol. The number of rotatable bonds is 9. The lowest BCUT2D eigenvalue weighted by Crippen LogP contribution is -2.51. The highest BCUT2D eigenvalue weighted by molar-refractivity contribution is 6.42. The lowest BCUT2D eigenvalue weighted by molar-refractivity contribution is -0.141. The molecule has 234 valence electrons. The third kappa shape index (κ3) is 8.54. The van der Waals surface area contributed by atoms with E-state index in [2.05, 4.69) is 0 Å². The standard InChI is InChI=1S/C32H41Cl2N3O6/c1-32(2,3)43-31(41)36-14-12-24(21-11-13-35(4)27(38)17-21)25(19-36)30(40)37(23-9-10-23)18-22-15-20(16-26(33)29(22)34)7-6-8-28(39)42-5/h11,13,15-17,23-25H,6-10,12,14,18-19H2,1-5H3. The number of carbonyl (C=O) groups is 3. The minimum Gasteiger partial charge on any atom is -0.469 e. The topological polar surface area (TPSA) is 98.2 Å². The average Bonchev–Trinajstić information content (AvgIpc) is 3.79. The number of esters is 1. The van der Waals surface area contributed by atoms with Gasteiger partial charge in [-0.15, -0.1) is 0 Å².